The molecule has 9 nitrogen and oxygen atoms in total. The number of anilines is 1. The number of likely N-dealkylation sites (N-methyl/N-ethyl adjacent to an activating group) is 1. The van der Waals surface area contributed by atoms with Crippen molar-refractivity contribution < 1.29 is 28.5 Å². The van der Waals surface area contributed by atoms with Crippen molar-refractivity contribution in [2.75, 3.05) is 38.9 Å². The molecule has 4 rings (SSSR count). The first-order valence-corrected chi connectivity index (χ1v) is 11.0. The largest absolute Gasteiger partial charge is 0.497 e. The highest BCUT2D eigenvalue weighted by molar-refractivity contribution is 6.02. The molecule has 182 valence electrons. The Kier molecular flexibility index (Phi) is 7.05. The lowest BCUT2D eigenvalue weighted by molar-refractivity contribution is -0.120. The molecule has 0 atom stereocenters. The van der Waals surface area contributed by atoms with E-state index in [1.807, 2.05) is 28.8 Å². The maximum atomic E-state index is 12.8. The molecule has 1 amide bonds. The summed E-state index contributed by atoms with van der Waals surface area (Å²) in [5, 5.41) is 0. The molecule has 0 aliphatic carbocycles. The minimum Gasteiger partial charge on any atom is -0.497 e. The lowest BCUT2D eigenvalue weighted by Crippen LogP contribution is -2.35. The van der Waals surface area contributed by atoms with Gasteiger partial charge < -0.3 is 28.4 Å². The Bertz CT molecular complexity index is 1300. The second-order valence-corrected chi connectivity index (χ2v) is 7.95. The van der Waals surface area contributed by atoms with Crippen molar-refractivity contribution in [1.82, 2.24) is 4.57 Å². The Morgan fingerprint density at radius 3 is 2.51 bits per heavy atom. The fourth-order valence-electron chi connectivity index (χ4n) is 3.67. The highest BCUT2D eigenvalue weighted by atomic mass is 16.5. The summed E-state index contributed by atoms with van der Waals surface area (Å²) >= 11 is 0. The van der Waals surface area contributed by atoms with Gasteiger partial charge in [-0.05, 0) is 49.4 Å². The Labute approximate surface area is 202 Å². The third-order valence-corrected chi connectivity index (χ3v) is 5.76. The summed E-state index contributed by atoms with van der Waals surface area (Å²) in [7, 11) is 3.23. The number of carbonyl (C=O) groups excluding carboxylic acids is 2. The molecule has 1 aliphatic rings. The second-order valence-electron chi connectivity index (χ2n) is 7.95. The van der Waals surface area contributed by atoms with E-state index in [1.165, 1.54) is 11.0 Å². The molecule has 2 heterocycles. The van der Waals surface area contributed by atoms with E-state index in [9.17, 15) is 14.4 Å². The van der Waals surface area contributed by atoms with E-state index >= 15 is 0 Å². The van der Waals surface area contributed by atoms with Crippen molar-refractivity contribution in [1.29, 1.82) is 0 Å². The van der Waals surface area contributed by atoms with Gasteiger partial charge in [0.1, 0.15) is 23.9 Å². The van der Waals surface area contributed by atoms with E-state index in [0.29, 0.717) is 41.6 Å². The molecule has 0 saturated carbocycles. The van der Waals surface area contributed by atoms with Crippen LogP contribution >= 0.6 is 0 Å². The molecule has 3 aromatic rings. The number of ether oxygens (including phenoxy) is 4. The first kappa shape index (κ1) is 23.9. The van der Waals surface area contributed by atoms with E-state index in [0.717, 1.165) is 5.75 Å². The minimum atomic E-state index is -0.323. The number of rotatable bonds is 9. The number of hydrogen-bond acceptors (Lipinski definition) is 7. The van der Waals surface area contributed by atoms with Gasteiger partial charge in [0.25, 0.3) is 5.91 Å². The van der Waals surface area contributed by atoms with E-state index in [4.69, 9.17) is 18.9 Å². The Morgan fingerprint density at radius 2 is 1.77 bits per heavy atom. The normalized spacial score (nSPS) is 12.5. The third kappa shape index (κ3) is 5.29. The van der Waals surface area contributed by atoms with Gasteiger partial charge >= 0.3 is 0 Å². The van der Waals surface area contributed by atoms with Gasteiger partial charge in [-0.15, -0.1) is 0 Å². The van der Waals surface area contributed by atoms with E-state index < -0.39 is 0 Å². The van der Waals surface area contributed by atoms with Crippen LogP contribution in [0.1, 0.15) is 16.1 Å². The number of benzene rings is 2. The van der Waals surface area contributed by atoms with Gasteiger partial charge in [0.05, 0.1) is 25.0 Å². The summed E-state index contributed by atoms with van der Waals surface area (Å²) in [6, 6.07) is 13.5. The summed E-state index contributed by atoms with van der Waals surface area (Å²) in [4.78, 5) is 38.5. The van der Waals surface area contributed by atoms with Gasteiger partial charge in [-0.2, -0.15) is 0 Å². The molecule has 0 fully saturated rings. The molecular weight excluding hydrogens is 452 g/mol. The van der Waals surface area contributed by atoms with Crippen molar-refractivity contribution in [3.8, 4) is 23.0 Å². The van der Waals surface area contributed by atoms with Crippen LogP contribution in [0.5, 0.6) is 23.0 Å². The van der Waals surface area contributed by atoms with Crippen LogP contribution in [0, 0.1) is 6.92 Å². The standard InChI is InChI=1S/C26H26N2O7/c1-17-26(22(29)10-11-28(17)12-13-33-20-7-5-19(32-3)6-8-20)35-15-23(30)18-4-9-24-21(14-18)27(2)25(31)16-34-24/h4-11,14H,12-13,15-16H2,1-3H3. The number of aromatic nitrogens is 1. The van der Waals surface area contributed by atoms with E-state index in [2.05, 4.69) is 0 Å². The lowest BCUT2D eigenvalue weighted by atomic mass is 10.1. The van der Waals surface area contributed by atoms with Crippen molar-refractivity contribution >= 4 is 17.4 Å². The number of ketones is 1. The molecule has 1 aromatic heterocycles. The number of methoxy groups -OCH3 is 1. The molecule has 2 aromatic carbocycles. The quantitative estimate of drug-likeness (QED) is 0.437. The molecule has 0 saturated heterocycles. The third-order valence-electron chi connectivity index (χ3n) is 5.76. The zero-order chi connectivity index (χ0) is 24.9. The smallest absolute Gasteiger partial charge is 0.264 e. The van der Waals surface area contributed by atoms with Crippen LogP contribution in [0.3, 0.4) is 0 Å². The van der Waals surface area contributed by atoms with Crippen molar-refractivity contribution in [3.05, 3.63) is 76.2 Å². The Balaban J connectivity index is 1.40. The number of nitrogens with zero attached hydrogens (tertiary/aromatic N) is 2. The van der Waals surface area contributed by atoms with E-state index in [-0.39, 0.29) is 36.1 Å². The zero-order valence-corrected chi connectivity index (χ0v) is 19.8. The lowest BCUT2D eigenvalue weighted by Gasteiger charge is -2.26. The van der Waals surface area contributed by atoms with Crippen LogP contribution in [0.15, 0.2) is 59.5 Å². The molecule has 0 radical (unpaired) electrons. The summed E-state index contributed by atoms with van der Waals surface area (Å²) in [6.07, 6.45) is 1.67. The average Bonchev–Trinajstić information content (AvgIpc) is 2.87. The van der Waals surface area contributed by atoms with Crippen LogP contribution < -0.4 is 29.3 Å². The van der Waals surface area contributed by atoms with Crippen LogP contribution in [0.25, 0.3) is 0 Å². The monoisotopic (exact) mass is 478 g/mol. The van der Waals surface area contributed by atoms with Crippen molar-refractivity contribution in [2.24, 2.45) is 0 Å². The highest BCUT2D eigenvalue weighted by Gasteiger charge is 2.23. The Morgan fingerprint density at radius 1 is 1.03 bits per heavy atom. The van der Waals surface area contributed by atoms with Crippen molar-refractivity contribution in [3.63, 3.8) is 0 Å². The van der Waals surface area contributed by atoms with Gasteiger partial charge in [-0.25, -0.2) is 0 Å². The fourth-order valence-corrected chi connectivity index (χ4v) is 3.67. The molecule has 0 spiro atoms. The number of fused-ring (bicyclic) bond motifs is 1. The number of amides is 1. The molecular formula is C26H26N2O7. The molecule has 9 heteroatoms. The van der Waals surface area contributed by atoms with Gasteiger partial charge in [0.2, 0.25) is 5.43 Å². The molecule has 0 N–H and O–H groups in total. The maximum Gasteiger partial charge on any atom is 0.264 e. The number of pyridine rings is 1. The van der Waals surface area contributed by atoms with Gasteiger partial charge in [-0.3, -0.25) is 14.4 Å². The first-order chi connectivity index (χ1) is 16.9. The van der Waals surface area contributed by atoms with Crippen LogP contribution in [-0.2, 0) is 11.3 Å². The fraction of sp³-hybridized carbons (Fsp3) is 0.269. The van der Waals surface area contributed by atoms with Gasteiger partial charge in [0.15, 0.2) is 24.7 Å². The summed E-state index contributed by atoms with van der Waals surface area (Å²) in [6.45, 7) is 2.25. The maximum absolute atomic E-state index is 12.8. The van der Waals surface area contributed by atoms with Gasteiger partial charge in [0, 0.05) is 24.9 Å². The SMILES string of the molecule is COc1ccc(OCCn2ccc(=O)c(OCC(=O)c3ccc4c(c3)N(C)C(=O)CO4)c2C)cc1. The molecule has 1 aliphatic heterocycles. The van der Waals surface area contributed by atoms with Crippen LogP contribution in [0.2, 0.25) is 0 Å². The minimum absolute atomic E-state index is 0.0371. The summed E-state index contributed by atoms with van der Waals surface area (Å²) in [5.41, 5.74) is 1.15. The number of hydrogen-bond donors (Lipinski definition) is 0. The summed E-state index contributed by atoms with van der Waals surface area (Å²) < 4.78 is 23.8. The van der Waals surface area contributed by atoms with Gasteiger partial charge in [-0.1, -0.05) is 0 Å². The predicted octanol–water partition coefficient (Wildman–Crippen LogP) is 2.86. The second kappa shape index (κ2) is 10.3. The summed E-state index contributed by atoms with van der Waals surface area (Å²) in [5.74, 6) is 1.57. The predicted molar refractivity (Wildman–Crippen MR) is 129 cm³/mol. The van der Waals surface area contributed by atoms with Crippen molar-refractivity contribution in [2.45, 2.75) is 13.5 Å². The number of Topliss-reactive ketones (excluding diaryl/α,β-unsaturated/α-hetero) is 1. The van der Waals surface area contributed by atoms with E-state index in [1.54, 1.807) is 45.5 Å². The molecule has 35 heavy (non-hydrogen) atoms. The molecule has 0 unspecified atom stereocenters. The Hall–Kier alpha value is -4.27. The molecule has 0 bridgehead atoms. The highest BCUT2D eigenvalue weighted by Crippen LogP contribution is 2.32. The topological polar surface area (TPSA) is 96.3 Å². The van der Waals surface area contributed by atoms with Crippen LogP contribution in [-0.4, -0.2) is 50.2 Å². The average molecular weight is 479 g/mol. The zero-order valence-electron chi connectivity index (χ0n) is 19.8. The number of carbonyl (C=O) groups is 2. The van der Waals surface area contributed by atoms with Crippen LogP contribution in [0.4, 0.5) is 5.69 Å². The first-order valence-electron chi connectivity index (χ1n) is 11.0.